The van der Waals surface area contributed by atoms with Crippen molar-refractivity contribution in [2.75, 3.05) is 37.6 Å². The SMILES string of the molecule is O=C(NCC(=O)N1CCN(c2ccc([N+](=O)[O-])cc2)CC1)NCc1ccccc1. The minimum absolute atomic E-state index is 0.0548. The molecule has 152 valence electrons. The molecular formula is C20H23N5O4. The lowest BCUT2D eigenvalue weighted by Crippen LogP contribution is -2.52. The van der Waals surface area contributed by atoms with Crippen LogP contribution in [0.2, 0.25) is 0 Å². The summed E-state index contributed by atoms with van der Waals surface area (Å²) in [5, 5.41) is 16.1. The number of carbonyl (C=O) groups is 2. The van der Waals surface area contributed by atoms with Crippen LogP contribution < -0.4 is 15.5 Å². The first-order valence-corrected chi connectivity index (χ1v) is 9.36. The van der Waals surface area contributed by atoms with Gasteiger partial charge in [-0.25, -0.2) is 4.79 Å². The number of nitrogens with one attached hydrogen (secondary N) is 2. The van der Waals surface area contributed by atoms with E-state index in [1.807, 2.05) is 30.3 Å². The minimum atomic E-state index is -0.427. The Bertz CT molecular complexity index is 849. The third-order valence-electron chi connectivity index (χ3n) is 4.75. The molecule has 0 aliphatic carbocycles. The zero-order chi connectivity index (χ0) is 20.6. The molecule has 29 heavy (non-hydrogen) atoms. The van der Waals surface area contributed by atoms with E-state index in [1.54, 1.807) is 17.0 Å². The molecule has 2 N–H and O–H groups in total. The van der Waals surface area contributed by atoms with Gasteiger partial charge in [-0.1, -0.05) is 30.3 Å². The molecule has 1 heterocycles. The fourth-order valence-electron chi connectivity index (χ4n) is 3.11. The highest BCUT2D eigenvalue weighted by molar-refractivity contribution is 5.84. The summed E-state index contributed by atoms with van der Waals surface area (Å²) in [6, 6.07) is 15.5. The molecule has 2 aromatic carbocycles. The maximum Gasteiger partial charge on any atom is 0.315 e. The van der Waals surface area contributed by atoms with Crippen LogP contribution in [0.15, 0.2) is 54.6 Å². The summed E-state index contributed by atoms with van der Waals surface area (Å²) < 4.78 is 0. The molecule has 0 spiro atoms. The monoisotopic (exact) mass is 397 g/mol. The number of hydrogen-bond donors (Lipinski definition) is 2. The van der Waals surface area contributed by atoms with Gasteiger partial charge in [0.1, 0.15) is 0 Å². The van der Waals surface area contributed by atoms with E-state index in [4.69, 9.17) is 0 Å². The lowest BCUT2D eigenvalue weighted by molar-refractivity contribution is -0.384. The van der Waals surface area contributed by atoms with Crippen molar-refractivity contribution < 1.29 is 14.5 Å². The Labute approximate surface area is 168 Å². The number of nitrogens with zero attached hydrogens (tertiary/aromatic N) is 3. The topological polar surface area (TPSA) is 108 Å². The van der Waals surface area contributed by atoms with Crippen molar-refractivity contribution in [1.29, 1.82) is 0 Å². The summed E-state index contributed by atoms with van der Waals surface area (Å²) in [4.78, 5) is 38.3. The largest absolute Gasteiger partial charge is 0.368 e. The van der Waals surface area contributed by atoms with Crippen molar-refractivity contribution in [2.45, 2.75) is 6.54 Å². The summed E-state index contributed by atoms with van der Waals surface area (Å²) in [5.74, 6) is -0.136. The number of urea groups is 1. The molecule has 9 heteroatoms. The summed E-state index contributed by atoms with van der Waals surface area (Å²) in [7, 11) is 0. The van der Waals surface area contributed by atoms with Gasteiger partial charge in [-0.15, -0.1) is 0 Å². The predicted octanol–water partition coefficient (Wildman–Crippen LogP) is 1.74. The zero-order valence-corrected chi connectivity index (χ0v) is 15.9. The van der Waals surface area contributed by atoms with Crippen LogP contribution in [0.4, 0.5) is 16.2 Å². The van der Waals surface area contributed by atoms with Gasteiger partial charge in [-0.2, -0.15) is 0 Å². The Hall–Kier alpha value is -3.62. The number of piperazine rings is 1. The quantitative estimate of drug-likeness (QED) is 0.570. The number of nitro groups is 1. The number of hydrogen-bond acceptors (Lipinski definition) is 5. The molecule has 1 aliphatic heterocycles. The first kappa shape index (κ1) is 20.1. The molecule has 0 aromatic heterocycles. The number of anilines is 1. The second kappa shape index (κ2) is 9.54. The number of non-ortho nitro benzene ring substituents is 1. The fraction of sp³-hybridized carbons (Fsp3) is 0.300. The van der Waals surface area contributed by atoms with Crippen LogP contribution >= 0.6 is 0 Å². The highest BCUT2D eigenvalue weighted by Gasteiger charge is 2.21. The molecule has 3 rings (SSSR count). The first-order chi connectivity index (χ1) is 14.0. The van der Waals surface area contributed by atoms with Crippen LogP contribution in [0, 0.1) is 10.1 Å². The summed E-state index contributed by atoms with van der Waals surface area (Å²) in [5.41, 5.74) is 1.93. The Morgan fingerprint density at radius 1 is 0.931 bits per heavy atom. The molecule has 0 bridgehead atoms. The Balaban J connectivity index is 1.39. The number of carbonyl (C=O) groups excluding carboxylic acids is 2. The van der Waals surface area contributed by atoms with Crippen molar-refractivity contribution in [3.63, 3.8) is 0 Å². The highest BCUT2D eigenvalue weighted by Crippen LogP contribution is 2.20. The third kappa shape index (κ3) is 5.68. The Kier molecular flexibility index (Phi) is 6.62. The zero-order valence-electron chi connectivity index (χ0n) is 15.9. The van der Waals surface area contributed by atoms with Gasteiger partial charge in [-0.3, -0.25) is 14.9 Å². The highest BCUT2D eigenvalue weighted by atomic mass is 16.6. The van der Waals surface area contributed by atoms with Crippen LogP contribution in [0.25, 0.3) is 0 Å². The molecule has 1 aliphatic rings. The van der Waals surface area contributed by atoms with E-state index in [9.17, 15) is 19.7 Å². The summed E-state index contributed by atoms with van der Waals surface area (Å²) >= 11 is 0. The molecule has 2 aromatic rings. The molecule has 9 nitrogen and oxygen atoms in total. The van der Waals surface area contributed by atoms with E-state index in [0.717, 1.165) is 11.3 Å². The molecular weight excluding hydrogens is 374 g/mol. The second-order valence-electron chi connectivity index (χ2n) is 6.66. The van der Waals surface area contributed by atoms with Crippen molar-refractivity contribution in [1.82, 2.24) is 15.5 Å². The normalized spacial score (nSPS) is 13.7. The van der Waals surface area contributed by atoms with E-state index in [1.165, 1.54) is 12.1 Å². The molecule has 0 radical (unpaired) electrons. The predicted molar refractivity (Wildman–Crippen MR) is 109 cm³/mol. The van der Waals surface area contributed by atoms with Gasteiger partial charge in [0.25, 0.3) is 5.69 Å². The second-order valence-corrected chi connectivity index (χ2v) is 6.66. The van der Waals surface area contributed by atoms with Gasteiger partial charge in [0.2, 0.25) is 5.91 Å². The average molecular weight is 397 g/mol. The van der Waals surface area contributed by atoms with Gasteiger partial charge >= 0.3 is 6.03 Å². The summed E-state index contributed by atoms with van der Waals surface area (Å²) in [6.45, 7) is 2.66. The van der Waals surface area contributed by atoms with Gasteiger partial charge < -0.3 is 20.4 Å². The van der Waals surface area contributed by atoms with Crippen LogP contribution in [-0.2, 0) is 11.3 Å². The van der Waals surface area contributed by atoms with E-state index < -0.39 is 4.92 Å². The Morgan fingerprint density at radius 3 is 2.21 bits per heavy atom. The lowest BCUT2D eigenvalue weighted by Gasteiger charge is -2.36. The standard InChI is InChI=1S/C20H23N5O4/c26-19(15-22-20(27)21-14-16-4-2-1-3-5-16)24-12-10-23(11-13-24)17-6-8-18(9-7-17)25(28)29/h1-9H,10-15H2,(H2,21,22,27). The molecule has 0 saturated carbocycles. The van der Waals surface area contributed by atoms with Crippen molar-refractivity contribution >= 4 is 23.3 Å². The molecule has 0 unspecified atom stereocenters. The van der Waals surface area contributed by atoms with Gasteiger partial charge in [0, 0.05) is 50.5 Å². The van der Waals surface area contributed by atoms with Crippen LogP contribution in [0.5, 0.6) is 0 Å². The summed E-state index contributed by atoms with van der Waals surface area (Å²) in [6.07, 6.45) is 0. The Morgan fingerprint density at radius 2 is 1.59 bits per heavy atom. The van der Waals surface area contributed by atoms with Gasteiger partial charge in [0.05, 0.1) is 11.5 Å². The smallest absolute Gasteiger partial charge is 0.315 e. The number of rotatable bonds is 6. The molecule has 1 fully saturated rings. The van der Waals surface area contributed by atoms with Crippen LogP contribution in [0.3, 0.4) is 0 Å². The third-order valence-corrected chi connectivity index (χ3v) is 4.75. The van der Waals surface area contributed by atoms with E-state index in [-0.39, 0.29) is 24.2 Å². The van der Waals surface area contributed by atoms with E-state index >= 15 is 0 Å². The van der Waals surface area contributed by atoms with Crippen LogP contribution in [-0.4, -0.2) is 54.5 Å². The first-order valence-electron chi connectivity index (χ1n) is 9.36. The van der Waals surface area contributed by atoms with Crippen molar-refractivity contribution in [3.8, 4) is 0 Å². The van der Waals surface area contributed by atoms with E-state index in [0.29, 0.717) is 32.7 Å². The van der Waals surface area contributed by atoms with E-state index in [2.05, 4.69) is 15.5 Å². The maximum atomic E-state index is 12.3. The van der Waals surface area contributed by atoms with Crippen LogP contribution in [0.1, 0.15) is 5.56 Å². The molecule has 0 atom stereocenters. The number of nitro benzene ring substituents is 1. The number of benzene rings is 2. The van der Waals surface area contributed by atoms with Crippen molar-refractivity contribution in [2.24, 2.45) is 0 Å². The molecule has 3 amide bonds. The van der Waals surface area contributed by atoms with Crippen molar-refractivity contribution in [3.05, 3.63) is 70.3 Å². The molecule has 1 saturated heterocycles. The van der Waals surface area contributed by atoms with Gasteiger partial charge in [-0.05, 0) is 17.7 Å². The average Bonchev–Trinajstić information content (AvgIpc) is 2.77. The fourth-order valence-corrected chi connectivity index (χ4v) is 3.11. The maximum absolute atomic E-state index is 12.3. The number of amides is 3. The lowest BCUT2D eigenvalue weighted by atomic mass is 10.2. The van der Waals surface area contributed by atoms with Gasteiger partial charge in [0.15, 0.2) is 0 Å². The minimum Gasteiger partial charge on any atom is -0.368 e.